The average molecular weight is 551 g/mol. The maximum Gasteiger partial charge on any atom is 0.251 e. The summed E-state index contributed by atoms with van der Waals surface area (Å²) in [5.41, 5.74) is -0.310. The van der Waals surface area contributed by atoms with Crippen LogP contribution in [0.3, 0.4) is 0 Å². The summed E-state index contributed by atoms with van der Waals surface area (Å²) >= 11 is 0. The highest BCUT2D eigenvalue weighted by molar-refractivity contribution is 6.07. The third-order valence-electron chi connectivity index (χ3n) is 6.81. The Bertz CT molecular complexity index is 1260. The lowest BCUT2D eigenvalue weighted by atomic mass is 9.88. The van der Waals surface area contributed by atoms with Crippen molar-refractivity contribution in [1.29, 1.82) is 0 Å². The smallest absolute Gasteiger partial charge is 0.251 e. The van der Waals surface area contributed by atoms with E-state index in [9.17, 15) is 29.4 Å². The molecule has 214 valence electrons. The number of amides is 2. The number of carbonyl (C=O) groups is 4. The summed E-state index contributed by atoms with van der Waals surface area (Å²) in [6.45, 7) is 7.90. The van der Waals surface area contributed by atoms with Crippen LogP contribution < -0.4 is 10.6 Å². The lowest BCUT2D eigenvalue weighted by molar-refractivity contribution is -0.121. The Labute approximate surface area is 234 Å². The lowest BCUT2D eigenvalue weighted by Crippen LogP contribution is -2.42. The predicted octanol–water partition coefficient (Wildman–Crippen LogP) is 3.70. The molecule has 0 spiro atoms. The SMILES string of the molecule is CCCC[C@@H](C)/C=C(C)/C=C(\C)C(=O)NC1=C[C@](O)(/C=C/C=C/C=C/C(=O)NC2=C(O)CCC2=O)[C@@H]2O[C@@H]2C1=O. The molecule has 0 aromatic heterocycles. The van der Waals surface area contributed by atoms with Crippen LogP contribution in [-0.2, 0) is 23.9 Å². The molecule has 1 fully saturated rings. The summed E-state index contributed by atoms with van der Waals surface area (Å²) in [6, 6.07) is 0. The van der Waals surface area contributed by atoms with Crippen LogP contribution in [0, 0.1) is 5.92 Å². The predicted molar refractivity (Wildman–Crippen MR) is 151 cm³/mol. The maximum absolute atomic E-state index is 12.8. The molecule has 0 radical (unpaired) electrons. The molecule has 0 aromatic carbocycles. The van der Waals surface area contributed by atoms with E-state index < -0.39 is 35.4 Å². The van der Waals surface area contributed by atoms with Gasteiger partial charge in [0.25, 0.3) is 5.91 Å². The van der Waals surface area contributed by atoms with Gasteiger partial charge in [0.1, 0.15) is 23.2 Å². The fourth-order valence-electron chi connectivity index (χ4n) is 4.61. The van der Waals surface area contributed by atoms with Crippen molar-refractivity contribution in [3.05, 3.63) is 83.0 Å². The van der Waals surface area contributed by atoms with Crippen LogP contribution >= 0.6 is 0 Å². The second-order valence-corrected chi connectivity index (χ2v) is 10.4. The van der Waals surface area contributed by atoms with Crippen LogP contribution in [0.4, 0.5) is 0 Å². The van der Waals surface area contributed by atoms with Crippen molar-refractivity contribution in [2.45, 2.75) is 77.6 Å². The van der Waals surface area contributed by atoms with E-state index in [0.717, 1.165) is 24.8 Å². The molecule has 0 saturated carbocycles. The number of nitrogens with one attached hydrogen (secondary N) is 2. The van der Waals surface area contributed by atoms with Gasteiger partial charge in [-0.3, -0.25) is 19.2 Å². The van der Waals surface area contributed by atoms with Gasteiger partial charge in [0.15, 0.2) is 11.9 Å². The number of allylic oxidation sites excluding steroid dienone is 9. The highest BCUT2D eigenvalue weighted by Gasteiger charge is 2.59. The first-order valence-electron chi connectivity index (χ1n) is 13.6. The number of aliphatic hydroxyl groups is 2. The van der Waals surface area contributed by atoms with Crippen LogP contribution in [0.15, 0.2) is 83.0 Å². The molecule has 9 nitrogen and oxygen atoms in total. The molecule has 2 aliphatic carbocycles. The van der Waals surface area contributed by atoms with Gasteiger partial charge in [-0.25, -0.2) is 0 Å². The van der Waals surface area contributed by atoms with Crippen LogP contribution in [0.2, 0.25) is 0 Å². The maximum atomic E-state index is 12.8. The Kier molecular flexibility index (Phi) is 10.4. The van der Waals surface area contributed by atoms with E-state index in [2.05, 4.69) is 30.6 Å². The molecule has 4 atom stereocenters. The van der Waals surface area contributed by atoms with E-state index in [4.69, 9.17) is 4.74 Å². The van der Waals surface area contributed by atoms with Crippen LogP contribution in [-0.4, -0.2) is 51.4 Å². The second kappa shape index (κ2) is 13.5. The first kappa shape index (κ1) is 30.7. The summed E-state index contributed by atoms with van der Waals surface area (Å²) in [5, 5.41) is 25.7. The number of Topliss-reactive ketones (excluding diaryl/α,β-unsaturated/α-hetero) is 2. The van der Waals surface area contributed by atoms with Gasteiger partial charge in [0.05, 0.1) is 5.70 Å². The summed E-state index contributed by atoms with van der Waals surface area (Å²) < 4.78 is 5.39. The Morgan fingerprint density at radius 3 is 2.55 bits per heavy atom. The lowest BCUT2D eigenvalue weighted by Gasteiger charge is -2.23. The summed E-state index contributed by atoms with van der Waals surface area (Å²) in [6.07, 6.45) is 16.0. The van der Waals surface area contributed by atoms with Crippen LogP contribution in [0.25, 0.3) is 0 Å². The quantitative estimate of drug-likeness (QED) is 0.165. The van der Waals surface area contributed by atoms with Gasteiger partial charge < -0.3 is 25.6 Å². The summed E-state index contributed by atoms with van der Waals surface area (Å²) in [7, 11) is 0. The third-order valence-corrected chi connectivity index (χ3v) is 6.81. The Morgan fingerprint density at radius 1 is 1.15 bits per heavy atom. The largest absolute Gasteiger partial charge is 0.510 e. The van der Waals surface area contributed by atoms with Gasteiger partial charge in [-0.05, 0) is 38.3 Å². The van der Waals surface area contributed by atoms with Gasteiger partial charge in [-0.1, -0.05) is 68.7 Å². The molecule has 0 unspecified atom stereocenters. The van der Waals surface area contributed by atoms with Crippen molar-refractivity contribution in [2.24, 2.45) is 5.92 Å². The zero-order valence-corrected chi connectivity index (χ0v) is 23.4. The Morgan fingerprint density at radius 2 is 1.88 bits per heavy atom. The highest BCUT2D eigenvalue weighted by Crippen LogP contribution is 2.40. The molecular weight excluding hydrogens is 512 g/mol. The van der Waals surface area contributed by atoms with E-state index in [1.807, 2.05) is 6.92 Å². The van der Waals surface area contributed by atoms with Crippen molar-refractivity contribution in [3.63, 3.8) is 0 Å². The fourth-order valence-corrected chi connectivity index (χ4v) is 4.61. The second-order valence-electron chi connectivity index (χ2n) is 10.4. The molecule has 1 saturated heterocycles. The number of epoxide rings is 1. The molecule has 0 bridgehead atoms. The highest BCUT2D eigenvalue weighted by atomic mass is 16.6. The molecule has 2 amide bonds. The fraction of sp³-hybridized carbons (Fsp3) is 0.419. The molecule has 4 N–H and O–H groups in total. The van der Waals surface area contributed by atoms with Crippen molar-refractivity contribution in [1.82, 2.24) is 10.6 Å². The van der Waals surface area contributed by atoms with E-state index in [1.54, 1.807) is 19.1 Å². The summed E-state index contributed by atoms with van der Waals surface area (Å²) in [5.74, 6) is -1.43. The Balaban J connectivity index is 1.60. The third kappa shape index (κ3) is 8.09. The first-order valence-corrected chi connectivity index (χ1v) is 13.6. The summed E-state index contributed by atoms with van der Waals surface area (Å²) in [4.78, 5) is 49.0. The van der Waals surface area contributed by atoms with Gasteiger partial charge in [0.2, 0.25) is 11.7 Å². The van der Waals surface area contributed by atoms with E-state index in [1.165, 1.54) is 36.5 Å². The number of hydrogen-bond acceptors (Lipinski definition) is 7. The molecule has 1 heterocycles. The number of ether oxygens (including phenoxy) is 1. The molecule has 1 aliphatic heterocycles. The number of unbranched alkanes of at least 4 members (excludes halogenated alkanes) is 1. The van der Waals surface area contributed by atoms with Crippen LogP contribution in [0.1, 0.15) is 59.8 Å². The number of hydrogen-bond donors (Lipinski definition) is 4. The van der Waals surface area contributed by atoms with Crippen molar-refractivity contribution >= 4 is 23.4 Å². The standard InChI is InChI=1S/C31H38N2O7/c1-5-6-11-19(2)16-20(3)17-21(4)30(38)32-22-18-31(39,29-28(40-29)27(22)37)15-10-8-7-9-12-25(36)33-26-23(34)13-14-24(26)35/h7-10,12,15-19,28-29,34,39H,5-6,11,13-14H2,1-4H3,(H,32,38)(H,33,36)/b8-7+,12-9+,15-10+,20-16+,21-17+/t19-,28-,29-,31-/m1/s1. The Hall–Kier alpha value is -3.82. The molecular formula is C31H38N2O7. The zero-order valence-electron chi connectivity index (χ0n) is 23.4. The van der Waals surface area contributed by atoms with Gasteiger partial charge >= 0.3 is 0 Å². The van der Waals surface area contributed by atoms with E-state index >= 15 is 0 Å². The normalized spacial score (nSPS) is 26.1. The molecule has 3 rings (SSSR count). The number of aliphatic hydroxyl groups excluding tert-OH is 1. The minimum atomic E-state index is -1.61. The van der Waals surface area contributed by atoms with Crippen molar-refractivity contribution < 1.29 is 34.1 Å². The first-order chi connectivity index (χ1) is 18.9. The van der Waals surface area contributed by atoms with Gasteiger partial charge in [-0.15, -0.1) is 0 Å². The monoisotopic (exact) mass is 550 g/mol. The number of rotatable bonds is 12. The van der Waals surface area contributed by atoms with Gasteiger partial charge in [0, 0.05) is 24.5 Å². The zero-order chi connectivity index (χ0) is 29.4. The number of ketones is 2. The van der Waals surface area contributed by atoms with Gasteiger partial charge in [-0.2, -0.15) is 0 Å². The topological polar surface area (TPSA) is 145 Å². The number of carbonyl (C=O) groups excluding carboxylic acids is 4. The minimum Gasteiger partial charge on any atom is -0.510 e. The van der Waals surface area contributed by atoms with Crippen molar-refractivity contribution in [3.8, 4) is 0 Å². The van der Waals surface area contributed by atoms with E-state index in [-0.39, 0.29) is 35.8 Å². The molecule has 9 heteroatoms. The molecule has 0 aromatic rings. The minimum absolute atomic E-state index is 0.0267. The average Bonchev–Trinajstić information content (AvgIpc) is 3.66. The number of fused-ring (bicyclic) bond motifs is 1. The van der Waals surface area contributed by atoms with E-state index in [0.29, 0.717) is 11.5 Å². The van der Waals surface area contributed by atoms with Crippen LogP contribution in [0.5, 0.6) is 0 Å². The molecule has 40 heavy (non-hydrogen) atoms. The molecule has 3 aliphatic rings. The van der Waals surface area contributed by atoms with Crippen molar-refractivity contribution in [2.75, 3.05) is 0 Å².